The van der Waals surface area contributed by atoms with Crippen molar-refractivity contribution in [3.8, 4) is 11.8 Å². The van der Waals surface area contributed by atoms with Gasteiger partial charge in [-0.2, -0.15) is 5.26 Å². The molecule has 1 saturated heterocycles. The van der Waals surface area contributed by atoms with Crippen molar-refractivity contribution in [1.82, 2.24) is 14.5 Å². The predicted molar refractivity (Wildman–Crippen MR) is 107 cm³/mol. The van der Waals surface area contributed by atoms with Crippen molar-refractivity contribution >= 4 is 5.91 Å². The van der Waals surface area contributed by atoms with E-state index in [1.54, 1.807) is 12.5 Å². The van der Waals surface area contributed by atoms with Gasteiger partial charge in [-0.25, -0.2) is 4.98 Å². The lowest BCUT2D eigenvalue weighted by Gasteiger charge is -2.32. The van der Waals surface area contributed by atoms with Crippen LogP contribution in [0.4, 0.5) is 0 Å². The maximum Gasteiger partial charge on any atom is 0.253 e. The highest BCUT2D eigenvalue weighted by molar-refractivity contribution is 5.95. The Kier molecular flexibility index (Phi) is 4.94. The van der Waals surface area contributed by atoms with Crippen molar-refractivity contribution < 1.29 is 4.79 Å². The van der Waals surface area contributed by atoms with Crippen molar-refractivity contribution in [2.45, 2.75) is 25.7 Å². The summed E-state index contributed by atoms with van der Waals surface area (Å²) in [4.78, 5) is 19.1. The first-order valence-electron chi connectivity index (χ1n) is 9.54. The molecule has 140 valence electrons. The third-order valence-electron chi connectivity index (χ3n) is 5.53. The smallest absolute Gasteiger partial charge is 0.253 e. The van der Waals surface area contributed by atoms with Gasteiger partial charge >= 0.3 is 0 Å². The van der Waals surface area contributed by atoms with Gasteiger partial charge in [0.15, 0.2) is 0 Å². The van der Waals surface area contributed by atoms with Crippen LogP contribution in [0, 0.1) is 18.3 Å². The minimum atomic E-state index is 0.0830. The largest absolute Gasteiger partial charge is 0.339 e. The normalized spacial score (nSPS) is 14.6. The van der Waals surface area contributed by atoms with Crippen LogP contribution in [0.25, 0.3) is 5.69 Å². The maximum absolute atomic E-state index is 13.0. The summed E-state index contributed by atoms with van der Waals surface area (Å²) < 4.78 is 1.93. The van der Waals surface area contributed by atoms with E-state index in [0.29, 0.717) is 17.0 Å². The SMILES string of the molecule is Cc1ccc(C(=O)N2CCC(c3ccc(C#N)cc3)CC2)cc1-n1ccnc1. The average molecular weight is 370 g/mol. The Bertz CT molecular complexity index is 1010. The topological polar surface area (TPSA) is 61.9 Å². The Hall–Kier alpha value is -3.39. The molecule has 1 amide bonds. The number of aryl methyl sites for hydroxylation is 1. The van der Waals surface area contributed by atoms with Crippen molar-refractivity contribution in [2.75, 3.05) is 13.1 Å². The third-order valence-corrected chi connectivity index (χ3v) is 5.53. The van der Waals surface area contributed by atoms with E-state index in [9.17, 15) is 4.79 Å². The summed E-state index contributed by atoms with van der Waals surface area (Å²) in [6, 6.07) is 15.8. The quantitative estimate of drug-likeness (QED) is 0.698. The lowest BCUT2D eigenvalue weighted by Crippen LogP contribution is -2.38. The number of hydrogen-bond donors (Lipinski definition) is 0. The van der Waals surface area contributed by atoms with Crippen LogP contribution in [0.5, 0.6) is 0 Å². The molecule has 0 unspecified atom stereocenters. The molecule has 2 heterocycles. The highest BCUT2D eigenvalue weighted by Crippen LogP contribution is 2.29. The zero-order valence-corrected chi connectivity index (χ0v) is 15.9. The molecule has 1 fully saturated rings. The van der Waals surface area contributed by atoms with E-state index in [4.69, 9.17) is 5.26 Å². The summed E-state index contributed by atoms with van der Waals surface area (Å²) >= 11 is 0. The first kappa shape index (κ1) is 18.0. The Labute approximate surface area is 164 Å². The minimum absolute atomic E-state index is 0.0830. The summed E-state index contributed by atoms with van der Waals surface area (Å²) in [5, 5.41) is 8.94. The molecule has 4 rings (SSSR count). The standard InChI is InChI=1S/C23H22N4O/c1-17-2-5-21(14-22(17)27-13-10-25-16-27)23(28)26-11-8-20(9-12-26)19-6-3-18(15-24)4-7-19/h2-7,10,13-14,16,20H,8-9,11-12H2,1H3. The molecule has 0 atom stereocenters. The van der Waals surface area contributed by atoms with Crippen LogP contribution in [-0.2, 0) is 0 Å². The molecule has 2 aromatic carbocycles. The summed E-state index contributed by atoms with van der Waals surface area (Å²) in [6.45, 7) is 3.53. The highest BCUT2D eigenvalue weighted by atomic mass is 16.2. The molecular weight excluding hydrogens is 348 g/mol. The van der Waals surface area contributed by atoms with E-state index in [1.807, 2.05) is 65.1 Å². The van der Waals surface area contributed by atoms with E-state index >= 15 is 0 Å². The van der Waals surface area contributed by atoms with Crippen LogP contribution in [0.15, 0.2) is 61.2 Å². The summed E-state index contributed by atoms with van der Waals surface area (Å²) in [5.74, 6) is 0.524. The van der Waals surface area contributed by atoms with Crippen molar-refractivity contribution in [3.05, 3.63) is 83.4 Å². The molecule has 0 radical (unpaired) electrons. The maximum atomic E-state index is 13.0. The summed E-state index contributed by atoms with van der Waals surface area (Å²) in [5.41, 5.74) is 4.74. The van der Waals surface area contributed by atoms with Gasteiger partial charge in [0.2, 0.25) is 0 Å². The lowest BCUT2D eigenvalue weighted by atomic mass is 9.89. The van der Waals surface area contributed by atoms with Gasteiger partial charge in [0.25, 0.3) is 5.91 Å². The molecule has 3 aromatic rings. The van der Waals surface area contributed by atoms with E-state index in [2.05, 4.69) is 11.1 Å². The van der Waals surface area contributed by atoms with Gasteiger partial charge in [-0.05, 0) is 61.1 Å². The molecule has 0 spiro atoms. The number of hydrogen-bond acceptors (Lipinski definition) is 3. The molecule has 5 nitrogen and oxygen atoms in total. The Morgan fingerprint density at radius 3 is 2.54 bits per heavy atom. The van der Waals surface area contributed by atoms with Gasteiger partial charge < -0.3 is 9.47 Å². The van der Waals surface area contributed by atoms with Gasteiger partial charge in [0.1, 0.15) is 0 Å². The molecule has 0 N–H and O–H groups in total. The fourth-order valence-corrected chi connectivity index (χ4v) is 3.85. The number of carbonyl (C=O) groups is 1. The monoisotopic (exact) mass is 370 g/mol. The number of aromatic nitrogens is 2. The molecule has 1 aromatic heterocycles. The fourth-order valence-electron chi connectivity index (χ4n) is 3.85. The van der Waals surface area contributed by atoms with Gasteiger partial charge in [-0.3, -0.25) is 4.79 Å². The van der Waals surface area contributed by atoms with Crippen molar-refractivity contribution in [1.29, 1.82) is 5.26 Å². The molecule has 0 bridgehead atoms. The number of amides is 1. The highest BCUT2D eigenvalue weighted by Gasteiger charge is 2.25. The zero-order chi connectivity index (χ0) is 19.5. The molecule has 28 heavy (non-hydrogen) atoms. The van der Waals surface area contributed by atoms with Crippen LogP contribution in [0.3, 0.4) is 0 Å². The van der Waals surface area contributed by atoms with Crippen LogP contribution < -0.4 is 0 Å². The van der Waals surface area contributed by atoms with Gasteiger partial charge in [0.05, 0.1) is 23.6 Å². The van der Waals surface area contributed by atoms with Crippen LogP contribution in [-0.4, -0.2) is 33.4 Å². The first-order chi connectivity index (χ1) is 13.7. The second-order valence-electron chi connectivity index (χ2n) is 7.27. The molecular formula is C23H22N4O. The summed E-state index contributed by atoms with van der Waals surface area (Å²) in [6.07, 6.45) is 7.26. The van der Waals surface area contributed by atoms with Gasteiger partial charge in [0, 0.05) is 31.0 Å². The number of piperidine rings is 1. The zero-order valence-electron chi connectivity index (χ0n) is 15.9. The first-order valence-corrected chi connectivity index (χ1v) is 9.54. The Balaban J connectivity index is 1.45. The van der Waals surface area contributed by atoms with Crippen LogP contribution >= 0.6 is 0 Å². The number of rotatable bonds is 3. The second kappa shape index (κ2) is 7.69. The number of carbonyl (C=O) groups excluding carboxylic acids is 1. The number of likely N-dealkylation sites (tertiary alicyclic amines) is 1. The summed E-state index contributed by atoms with van der Waals surface area (Å²) in [7, 11) is 0. The van der Waals surface area contributed by atoms with E-state index < -0.39 is 0 Å². The van der Waals surface area contributed by atoms with Crippen molar-refractivity contribution in [3.63, 3.8) is 0 Å². The molecule has 1 aliphatic rings. The Morgan fingerprint density at radius 2 is 1.89 bits per heavy atom. The molecule has 1 aliphatic heterocycles. The number of benzene rings is 2. The molecule has 5 heteroatoms. The van der Waals surface area contributed by atoms with Crippen LogP contribution in [0.2, 0.25) is 0 Å². The lowest BCUT2D eigenvalue weighted by molar-refractivity contribution is 0.0713. The van der Waals surface area contributed by atoms with Gasteiger partial charge in [-0.1, -0.05) is 18.2 Å². The van der Waals surface area contributed by atoms with Crippen molar-refractivity contribution in [2.24, 2.45) is 0 Å². The predicted octanol–water partition coefficient (Wildman–Crippen LogP) is 4.07. The van der Waals surface area contributed by atoms with E-state index in [-0.39, 0.29) is 5.91 Å². The Morgan fingerprint density at radius 1 is 1.14 bits per heavy atom. The molecule has 0 saturated carbocycles. The second-order valence-corrected chi connectivity index (χ2v) is 7.27. The van der Waals surface area contributed by atoms with Crippen LogP contribution in [0.1, 0.15) is 45.8 Å². The fraction of sp³-hybridized carbons (Fsp3) is 0.261. The van der Waals surface area contributed by atoms with Gasteiger partial charge in [-0.15, -0.1) is 0 Å². The molecule has 0 aliphatic carbocycles. The van der Waals surface area contributed by atoms with E-state index in [0.717, 1.165) is 37.2 Å². The number of nitrogens with zero attached hydrogens (tertiary/aromatic N) is 4. The third kappa shape index (κ3) is 3.54. The average Bonchev–Trinajstić information content (AvgIpc) is 3.28. The number of imidazole rings is 1. The minimum Gasteiger partial charge on any atom is -0.339 e. The number of nitriles is 1. The van der Waals surface area contributed by atoms with E-state index in [1.165, 1.54) is 5.56 Å².